The molecule has 1 aromatic carbocycles. The van der Waals surface area contributed by atoms with Gasteiger partial charge in [0.25, 0.3) is 5.91 Å². The second kappa shape index (κ2) is 5.38. The molecular weight excluding hydrogens is 252 g/mol. The number of nitriles is 1. The van der Waals surface area contributed by atoms with Crippen LogP contribution in [0.3, 0.4) is 0 Å². The normalized spacial score (nSPS) is 22.4. The van der Waals surface area contributed by atoms with Crippen molar-refractivity contribution in [2.45, 2.75) is 31.7 Å². The van der Waals surface area contributed by atoms with E-state index in [4.69, 9.17) is 9.68 Å². The molecule has 0 unspecified atom stereocenters. The molecule has 0 aliphatic heterocycles. The van der Waals surface area contributed by atoms with Crippen molar-refractivity contribution in [2.24, 2.45) is 5.92 Å². The van der Waals surface area contributed by atoms with Crippen LogP contribution < -0.4 is 5.32 Å². The molecule has 1 N–H and O–H groups in total. The molecular formula is C16H16N2O2. The van der Waals surface area contributed by atoms with Crippen molar-refractivity contribution in [3.63, 3.8) is 0 Å². The lowest BCUT2D eigenvalue weighted by molar-refractivity contribution is 0.0925. The Morgan fingerprint density at radius 2 is 2.00 bits per heavy atom. The van der Waals surface area contributed by atoms with Gasteiger partial charge >= 0.3 is 0 Å². The average Bonchev–Trinajstić information content (AvgIpc) is 2.92. The first-order valence-corrected chi connectivity index (χ1v) is 6.94. The summed E-state index contributed by atoms with van der Waals surface area (Å²) in [5.41, 5.74) is 1.31. The van der Waals surface area contributed by atoms with E-state index in [1.54, 1.807) is 0 Å². The van der Waals surface area contributed by atoms with E-state index >= 15 is 0 Å². The summed E-state index contributed by atoms with van der Waals surface area (Å²) in [6.07, 6.45) is 5.00. The van der Waals surface area contributed by atoms with Gasteiger partial charge in [-0.25, -0.2) is 0 Å². The van der Waals surface area contributed by atoms with Gasteiger partial charge in [0, 0.05) is 17.3 Å². The molecule has 0 spiro atoms. The van der Waals surface area contributed by atoms with Gasteiger partial charge in [-0.1, -0.05) is 18.2 Å². The summed E-state index contributed by atoms with van der Waals surface area (Å²) in [5.74, 6) is 0.0632. The van der Waals surface area contributed by atoms with Gasteiger partial charge in [0.05, 0.1) is 11.6 Å². The van der Waals surface area contributed by atoms with Crippen LogP contribution >= 0.6 is 0 Å². The highest BCUT2D eigenvalue weighted by Crippen LogP contribution is 2.25. The van der Waals surface area contributed by atoms with Crippen LogP contribution in [0.1, 0.15) is 36.0 Å². The second-order valence-corrected chi connectivity index (χ2v) is 5.30. The molecule has 4 heteroatoms. The Bertz CT molecular complexity index is 660. The maximum atomic E-state index is 12.3. The van der Waals surface area contributed by atoms with Crippen molar-refractivity contribution in [3.8, 4) is 6.07 Å². The quantitative estimate of drug-likeness (QED) is 0.909. The molecule has 2 aromatic rings. The first-order valence-electron chi connectivity index (χ1n) is 6.94. The number of amides is 1. The molecule has 3 rings (SSSR count). The number of hydrogen-bond acceptors (Lipinski definition) is 3. The maximum Gasteiger partial charge on any atom is 0.255 e. The van der Waals surface area contributed by atoms with Crippen molar-refractivity contribution >= 4 is 16.9 Å². The highest BCUT2D eigenvalue weighted by atomic mass is 16.3. The molecule has 0 bridgehead atoms. The van der Waals surface area contributed by atoms with E-state index in [0.717, 1.165) is 36.7 Å². The number of hydrogen-bond donors (Lipinski definition) is 1. The van der Waals surface area contributed by atoms with Gasteiger partial charge in [-0.2, -0.15) is 5.26 Å². The number of nitrogens with zero attached hydrogens (tertiary/aromatic N) is 1. The average molecular weight is 268 g/mol. The van der Waals surface area contributed by atoms with E-state index in [1.165, 1.54) is 6.26 Å². The molecule has 0 saturated heterocycles. The number of benzene rings is 1. The summed E-state index contributed by atoms with van der Waals surface area (Å²) in [6.45, 7) is 0. The Kier molecular flexibility index (Phi) is 3.42. The van der Waals surface area contributed by atoms with Crippen molar-refractivity contribution in [2.75, 3.05) is 0 Å². The van der Waals surface area contributed by atoms with Crippen molar-refractivity contribution in [1.29, 1.82) is 5.26 Å². The zero-order valence-corrected chi connectivity index (χ0v) is 11.1. The van der Waals surface area contributed by atoms with Gasteiger partial charge in [0.2, 0.25) is 0 Å². The predicted molar refractivity (Wildman–Crippen MR) is 75.0 cm³/mol. The van der Waals surface area contributed by atoms with Crippen molar-refractivity contribution < 1.29 is 9.21 Å². The summed E-state index contributed by atoms with van der Waals surface area (Å²) in [5, 5.41) is 12.8. The Hall–Kier alpha value is -2.28. The molecule has 1 saturated carbocycles. The third-order valence-corrected chi connectivity index (χ3v) is 3.97. The minimum atomic E-state index is -0.0876. The zero-order chi connectivity index (χ0) is 13.9. The lowest BCUT2D eigenvalue weighted by Gasteiger charge is -2.25. The van der Waals surface area contributed by atoms with E-state index in [9.17, 15) is 4.79 Å². The molecule has 102 valence electrons. The van der Waals surface area contributed by atoms with Gasteiger partial charge in [0.15, 0.2) is 0 Å². The molecule has 1 fully saturated rings. The van der Waals surface area contributed by atoms with E-state index in [-0.39, 0.29) is 17.9 Å². The molecule has 1 aliphatic carbocycles. The molecule has 1 heterocycles. The molecule has 1 aliphatic rings. The third-order valence-electron chi connectivity index (χ3n) is 3.97. The Labute approximate surface area is 117 Å². The highest BCUT2D eigenvalue weighted by Gasteiger charge is 2.23. The number of para-hydroxylation sites is 1. The number of carbonyl (C=O) groups is 1. The molecule has 1 amide bonds. The molecule has 0 radical (unpaired) electrons. The Balaban J connectivity index is 1.70. The lowest BCUT2D eigenvalue weighted by atomic mass is 9.87. The van der Waals surface area contributed by atoms with Crippen LogP contribution in [0.15, 0.2) is 34.9 Å². The minimum absolute atomic E-state index is 0.0876. The fourth-order valence-corrected chi connectivity index (χ4v) is 2.78. The lowest BCUT2D eigenvalue weighted by Crippen LogP contribution is -2.37. The monoisotopic (exact) mass is 268 g/mol. The summed E-state index contributed by atoms with van der Waals surface area (Å²) < 4.78 is 5.39. The van der Waals surface area contributed by atoms with E-state index in [2.05, 4.69) is 11.4 Å². The van der Waals surface area contributed by atoms with E-state index < -0.39 is 0 Å². The third kappa shape index (κ3) is 2.39. The molecule has 4 nitrogen and oxygen atoms in total. The summed E-state index contributed by atoms with van der Waals surface area (Å²) >= 11 is 0. The Morgan fingerprint density at radius 3 is 2.75 bits per heavy atom. The summed E-state index contributed by atoms with van der Waals surface area (Å²) in [6, 6.07) is 9.99. The fourth-order valence-electron chi connectivity index (χ4n) is 2.78. The molecule has 0 atom stereocenters. The van der Waals surface area contributed by atoms with Crippen LogP contribution in [-0.2, 0) is 0 Å². The highest BCUT2D eigenvalue weighted by molar-refractivity contribution is 6.05. The van der Waals surface area contributed by atoms with Gasteiger partial charge in [-0.05, 0) is 31.7 Å². The predicted octanol–water partition coefficient (Wildman–Crippen LogP) is 3.24. The first-order chi connectivity index (χ1) is 9.78. The fraction of sp³-hybridized carbons (Fsp3) is 0.375. The topological polar surface area (TPSA) is 66.0 Å². The van der Waals surface area contributed by atoms with E-state index in [1.807, 2.05) is 24.3 Å². The van der Waals surface area contributed by atoms with Crippen LogP contribution in [0.4, 0.5) is 0 Å². The molecule has 1 aromatic heterocycles. The van der Waals surface area contributed by atoms with Crippen LogP contribution in [0.25, 0.3) is 11.0 Å². The van der Waals surface area contributed by atoms with Crippen molar-refractivity contribution in [1.82, 2.24) is 5.32 Å². The Morgan fingerprint density at radius 1 is 1.25 bits per heavy atom. The number of rotatable bonds is 2. The number of nitrogens with one attached hydrogen (secondary N) is 1. The first kappa shape index (κ1) is 12.7. The minimum Gasteiger partial charge on any atom is -0.463 e. The van der Waals surface area contributed by atoms with Crippen LogP contribution in [0.5, 0.6) is 0 Å². The maximum absolute atomic E-state index is 12.3. The van der Waals surface area contributed by atoms with E-state index in [0.29, 0.717) is 5.56 Å². The molecule has 20 heavy (non-hydrogen) atoms. The van der Waals surface area contributed by atoms with Crippen LogP contribution in [-0.4, -0.2) is 11.9 Å². The summed E-state index contributed by atoms with van der Waals surface area (Å²) in [7, 11) is 0. The van der Waals surface area contributed by atoms with Gasteiger partial charge < -0.3 is 9.73 Å². The standard InChI is InChI=1S/C16H16N2O2/c17-9-11-5-7-12(8-6-11)18-16(19)14-10-20-15-4-2-1-3-13(14)15/h1-4,10-12H,5-8H2,(H,18,19). The zero-order valence-electron chi connectivity index (χ0n) is 11.1. The SMILES string of the molecule is N#CC1CCC(NC(=O)c2coc3ccccc23)CC1. The second-order valence-electron chi connectivity index (χ2n) is 5.30. The number of carbonyl (C=O) groups excluding carboxylic acids is 1. The number of fused-ring (bicyclic) bond motifs is 1. The van der Waals surface area contributed by atoms with Crippen molar-refractivity contribution in [3.05, 3.63) is 36.1 Å². The largest absolute Gasteiger partial charge is 0.463 e. The van der Waals surface area contributed by atoms with Crippen LogP contribution in [0, 0.1) is 17.2 Å². The van der Waals surface area contributed by atoms with Gasteiger partial charge in [-0.3, -0.25) is 4.79 Å². The van der Waals surface area contributed by atoms with Gasteiger partial charge in [0.1, 0.15) is 11.8 Å². The smallest absolute Gasteiger partial charge is 0.255 e. The number of furan rings is 1. The van der Waals surface area contributed by atoms with Gasteiger partial charge in [-0.15, -0.1) is 0 Å². The van der Waals surface area contributed by atoms with Crippen LogP contribution in [0.2, 0.25) is 0 Å². The summed E-state index contributed by atoms with van der Waals surface area (Å²) in [4.78, 5) is 12.3.